The van der Waals surface area contributed by atoms with Crippen molar-refractivity contribution in [3.63, 3.8) is 0 Å². The van der Waals surface area contributed by atoms with Crippen LogP contribution in [-0.2, 0) is 4.79 Å². The number of fused-ring (bicyclic) bond motifs is 1. The number of nitrogens with one attached hydrogen (secondary N) is 1. The number of hydrogen-bond donors (Lipinski definition) is 1. The molecule has 4 rings (SSSR count). The molecule has 2 heterocycles. The lowest BCUT2D eigenvalue weighted by atomic mass is 9.94. The number of halogens is 1. The molecule has 3 amide bonds. The fourth-order valence-electron chi connectivity index (χ4n) is 3.42. The van der Waals surface area contributed by atoms with Crippen LogP contribution in [0.4, 0.5) is 4.79 Å². The Bertz CT molecular complexity index is 740. The summed E-state index contributed by atoms with van der Waals surface area (Å²) >= 11 is 3.47. The third-order valence-electron chi connectivity index (χ3n) is 4.64. The Morgan fingerprint density at radius 1 is 1.12 bits per heavy atom. The fourth-order valence-corrected chi connectivity index (χ4v) is 3.86. The topological polar surface area (TPSA) is 67.9 Å². The Morgan fingerprint density at radius 2 is 1.83 bits per heavy atom. The van der Waals surface area contributed by atoms with Crippen LogP contribution in [0, 0.1) is 0 Å². The molecular weight excluding hydrogens is 376 g/mol. The van der Waals surface area contributed by atoms with Gasteiger partial charge in [-0.2, -0.15) is 0 Å². The molecule has 6 nitrogen and oxygen atoms in total. The molecule has 2 fully saturated rings. The van der Waals surface area contributed by atoms with E-state index in [1.165, 1.54) is 11.3 Å². The predicted octanol–water partition coefficient (Wildman–Crippen LogP) is 3.40. The van der Waals surface area contributed by atoms with Gasteiger partial charge in [-0.15, -0.1) is 0 Å². The van der Waals surface area contributed by atoms with Crippen LogP contribution < -0.4 is 14.8 Å². The number of hydrogen-bond acceptors (Lipinski definition) is 4. The quantitative estimate of drug-likeness (QED) is 0.618. The van der Waals surface area contributed by atoms with Gasteiger partial charge in [0.15, 0.2) is 11.5 Å². The van der Waals surface area contributed by atoms with Crippen LogP contribution >= 0.6 is 15.9 Å². The van der Waals surface area contributed by atoms with Gasteiger partial charge in [0.25, 0.3) is 5.91 Å². The molecule has 1 N–H and O–H groups in total. The van der Waals surface area contributed by atoms with E-state index in [1.807, 2.05) is 0 Å². The first-order valence-electron chi connectivity index (χ1n) is 8.09. The van der Waals surface area contributed by atoms with Gasteiger partial charge in [0, 0.05) is 10.5 Å². The Balaban J connectivity index is 1.62. The van der Waals surface area contributed by atoms with Crippen molar-refractivity contribution in [1.82, 2.24) is 10.2 Å². The Hall–Kier alpha value is -2.02. The summed E-state index contributed by atoms with van der Waals surface area (Å²) in [6.07, 6.45) is 6.76. The van der Waals surface area contributed by atoms with Gasteiger partial charge >= 0.3 is 6.03 Å². The van der Waals surface area contributed by atoms with E-state index in [1.54, 1.807) is 18.2 Å². The van der Waals surface area contributed by atoms with Gasteiger partial charge in [-0.1, -0.05) is 35.2 Å². The number of imide groups is 1. The maximum absolute atomic E-state index is 12.7. The zero-order chi connectivity index (χ0) is 16.7. The van der Waals surface area contributed by atoms with Gasteiger partial charge in [0.05, 0.1) is 0 Å². The van der Waals surface area contributed by atoms with E-state index < -0.39 is 0 Å². The highest BCUT2D eigenvalue weighted by Crippen LogP contribution is 2.38. The number of nitrogens with zero attached hydrogens (tertiary/aromatic N) is 1. The van der Waals surface area contributed by atoms with Crippen LogP contribution in [0.25, 0.3) is 6.08 Å². The largest absolute Gasteiger partial charge is 0.454 e. The second kappa shape index (κ2) is 6.12. The van der Waals surface area contributed by atoms with Crippen LogP contribution in [0.3, 0.4) is 0 Å². The standard InChI is InChI=1S/C17H17BrN2O4/c18-12-8-15-14(23-9-24-15)7-10(12)6-13-16(21)20(17(22)19-13)11-4-2-1-3-5-11/h6-8,11H,1-5,9H2,(H,19,22)/b13-6-. The van der Waals surface area contributed by atoms with E-state index >= 15 is 0 Å². The molecule has 1 aromatic carbocycles. The van der Waals surface area contributed by atoms with Gasteiger partial charge in [-0.05, 0) is 36.6 Å². The van der Waals surface area contributed by atoms with Gasteiger partial charge < -0.3 is 14.8 Å². The summed E-state index contributed by atoms with van der Waals surface area (Å²) in [5.74, 6) is 1.04. The highest BCUT2D eigenvalue weighted by Gasteiger charge is 2.39. The van der Waals surface area contributed by atoms with Crippen LogP contribution in [0.1, 0.15) is 37.7 Å². The van der Waals surface area contributed by atoms with Crippen LogP contribution in [0.15, 0.2) is 22.3 Å². The second-order valence-corrected chi connectivity index (χ2v) is 7.04. The van der Waals surface area contributed by atoms with E-state index in [0.717, 1.165) is 35.7 Å². The number of ether oxygens (including phenoxy) is 2. The van der Waals surface area contributed by atoms with Crippen molar-refractivity contribution in [2.45, 2.75) is 38.1 Å². The first kappa shape index (κ1) is 15.5. The summed E-state index contributed by atoms with van der Waals surface area (Å²) in [4.78, 5) is 26.3. The monoisotopic (exact) mass is 392 g/mol. The number of urea groups is 1. The number of rotatable bonds is 2. The zero-order valence-electron chi connectivity index (χ0n) is 13.0. The molecule has 1 saturated heterocycles. The molecule has 0 aromatic heterocycles. The summed E-state index contributed by atoms with van der Waals surface area (Å²) in [6, 6.07) is 3.28. The van der Waals surface area contributed by atoms with Crippen molar-refractivity contribution in [1.29, 1.82) is 0 Å². The molecule has 1 saturated carbocycles. The van der Waals surface area contributed by atoms with Crippen molar-refractivity contribution < 1.29 is 19.1 Å². The summed E-state index contributed by atoms with van der Waals surface area (Å²) in [7, 11) is 0. The molecule has 0 unspecified atom stereocenters. The van der Waals surface area contributed by atoms with Crippen molar-refractivity contribution in [2.24, 2.45) is 0 Å². The molecule has 0 spiro atoms. The first-order chi connectivity index (χ1) is 11.6. The SMILES string of the molecule is O=C1N/C(=C\c2cc3c(cc2Br)OCO3)C(=O)N1C1CCCCC1. The predicted molar refractivity (Wildman–Crippen MR) is 90.5 cm³/mol. The molecule has 0 bridgehead atoms. The highest BCUT2D eigenvalue weighted by molar-refractivity contribution is 9.10. The average molecular weight is 393 g/mol. The maximum Gasteiger partial charge on any atom is 0.329 e. The lowest BCUT2D eigenvalue weighted by Crippen LogP contribution is -2.41. The van der Waals surface area contributed by atoms with E-state index in [2.05, 4.69) is 21.2 Å². The smallest absolute Gasteiger partial charge is 0.329 e. The molecule has 126 valence electrons. The third-order valence-corrected chi connectivity index (χ3v) is 5.33. The van der Waals surface area contributed by atoms with Crippen molar-refractivity contribution >= 4 is 33.9 Å². The average Bonchev–Trinajstić information content (AvgIpc) is 3.13. The highest BCUT2D eigenvalue weighted by atomic mass is 79.9. The molecule has 7 heteroatoms. The lowest BCUT2D eigenvalue weighted by molar-refractivity contribution is -0.124. The lowest BCUT2D eigenvalue weighted by Gasteiger charge is -2.28. The van der Waals surface area contributed by atoms with Gasteiger partial charge in [-0.25, -0.2) is 4.79 Å². The molecule has 24 heavy (non-hydrogen) atoms. The molecule has 3 aliphatic rings. The molecule has 1 aliphatic carbocycles. The van der Waals surface area contributed by atoms with Crippen LogP contribution in [0.5, 0.6) is 11.5 Å². The summed E-state index contributed by atoms with van der Waals surface area (Å²) in [6.45, 7) is 0.187. The second-order valence-electron chi connectivity index (χ2n) is 6.18. The van der Waals surface area contributed by atoms with Crippen molar-refractivity contribution in [3.05, 3.63) is 27.9 Å². The van der Waals surface area contributed by atoms with Gasteiger partial charge in [-0.3, -0.25) is 9.69 Å². The van der Waals surface area contributed by atoms with E-state index in [9.17, 15) is 9.59 Å². The van der Waals surface area contributed by atoms with E-state index in [-0.39, 0.29) is 24.8 Å². The molecular formula is C17H17BrN2O4. The minimum atomic E-state index is -0.324. The normalized spacial score (nSPS) is 22.4. The van der Waals surface area contributed by atoms with Crippen molar-refractivity contribution in [3.8, 4) is 11.5 Å². The van der Waals surface area contributed by atoms with E-state index in [0.29, 0.717) is 17.2 Å². The molecule has 0 radical (unpaired) electrons. The first-order valence-corrected chi connectivity index (χ1v) is 8.88. The summed E-state index contributed by atoms with van der Waals surface area (Å²) in [5.41, 5.74) is 1.05. The number of amides is 3. The minimum absolute atomic E-state index is 0.0114. The zero-order valence-corrected chi connectivity index (χ0v) is 14.6. The Kier molecular flexibility index (Phi) is 3.96. The Labute approximate surface area is 147 Å². The minimum Gasteiger partial charge on any atom is -0.454 e. The third kappa shape index (κ3) is 2.66. The summed E-state index contributed by atoms with van der Waals surface area (Å²) in [5, 5.41) is 2.70. The number of carbonyl (C=O) groups excluding carboxylic acids is 2. The van der Waals surface area contributed by atoms with Crippen LogP contribution in [0.2, 0.25) is 0 Å². The molecule has 1 aromatic rings. The maximum atomic E-state index is 12.7. The number of carbonyl (C=O) groups is 2. The van der Waals surface area contributed by atoms with Gasteiger partial charge in [0.2, 0.25) is 6.79 Å². The van der Waals surface area contributed by atoms with Crippen LogP contribution in [-0.4, -0.2) is 29.7 Å². The summed E-state index contributed by atoms with van der Waals surface area (Å²) < 4.78 is 11.5. The Morgan fingerprint density at radius 3 is 2.58 bits per heavy atom. The molecule has 2 aliphatic heterocycles. The van der Waals surface area contributed by atoms with E-state index in [4.69, 9.17) is 9.47 Å². The van der Waals surface area contributed by atoms with Gasteiger partial charge in [0.1, 0.15) is 5.70 Å². The molecule has 0 atom stereocenters. The van der Waals surface area contributed by atoms with Crippen molar-refractivity contribution in [2.75, 3.05) is 6.79 Å². The number of benzene rings is 1. The fraction of sp³-hybridized carbons (Fsp3) is 0.412.